The van der Waals surface area contributed by atoms with Gasteiger partial charge in [-0.1, -0.05) is 31.4 Å². The number of rotatable bonds is 6. The molecule has 6 heteroatoms. The summed E-state index contributed by atoms with van der Waals surface area (Å²) in [5, 5.41) is 2.84. The van der Waals surface area contributed by atoms with Crippen molar-refractivity contribution in [3.05, 3.63) is 29.8 Å². The molecule has 1 amide bonds. The average molecular weight is 347 g/mol. The number of ether oxygens (including phenoxy) is 2. The van der Waals surface area contributed by atoms with Gasteiger partial charge in [0.15, 0.2) is 11.9 Å². The molecule has 1 N–H and O–H groups in total. The van der Waals surface area contributed by atoms with Crippen molar-refractivity contribution in [3.8, 4) is 5.75 Å². The fraction of sp³-hybridized carbons (Fsp3) is 0.526. The number of nitrogens with one attached hydrogen (secondary N) is 1. The molecule has 0 saturated heterocycles. The maximum absolute atomic E-state index is 12.5. The van der Waals surface area contributed by atoms with Crippen molar-refractivity contribution in [3.63, 3.8) is 0 Å². The third-order valence-corrected chi connectivity index (χ3v) is 4.57. The Bertz CT molecular complexity index is 649. The van der Waals surface area contributed by atoms with Crippen LogP contribution in [0.4, 0.5) is 0 Å². The van der Waals surface area contributed by atoms with Crippen LogP contribution in [-0.4, -0.2) is 36.4 Å². The van der Waals surface area contributed by atoms with E-state index in [9.17, 15) is 14.4 Å². The molecule has 1 fully saturated rings. The van der Waals surface area contributed by atoms with E-state index in [4.69, 9.17) is 9.47 Å². The molecule has 0 unspecified atom stereocenters. The summed E-state index contributed by atoms with van der Waals surface area (Å²) in [7, 11) is 1.33. The number of carbonyl (C=O) groups is 3. The van der Waals surface area contributed by atoms with Crippen molar-refractivity contribution >= 4 is 17.7 Å². The van der Waals surface area contributed by atoms with Gasteiger partial charge in [-0.3, -0.25) is 9.59 Å². The highest BCUT2D eigenvalue weighted by Gasteiger charge is 2.42. The molecular weight excluding hydrogens is 322 g/mol. The van der Waals surface area contributed by atoms with Crippen LogP contribution in [0.2, 0.25) is 0 Å². The first-order valence-electron chi connectivity index (χ1n) is 8.56. The van der Waals surface area contributed by atoms with Gasteiger partial charge >= 0.3 is 5.97 Å². The van der Waals surface area contributed by atoms with Gasteiger partial charge in [0.2, 0.25) is 0 Å². The molecule has 1 atom stereocenters. The fourth-order valence-electron chi connectivity index (χ4n) is 3.11. The van der Waals surface area contributed by atoms with E-state index < -0.39 is 17.6 Å². The second-order valence-corrected chi connectivity index (χ2v) is 6.47. The lowest BCUT2D eigenvalue weighted by Gasteiger charge is -2.35. The summed E-state index contributed by atoms with van der Waals surface area (Å²) in [6, 6.07) is 6.68. The fourth-order valence-corrected chi connectivity index (χ4v) is 3.11. The van der Waals surface area contributed by atoms with Crippen molar-refractivity contribution in [1.82, 2.24) is 5.32 Å². The molecule has 0 bridgehead atoms. The van der Waals surface area contributed by atoms with Crippen LogP contribution < -0.4 is 10.1 Å². The minimum Gasteiger partial charge on any atom is -0.481 e. The highest BCUT2D eigenvalue weighted by Crippen LogP contribution is 2.29. The Morgan fingerprint density at radius 3 is 2.44 bits per heavy atom. The molecule has 136 valence electrons. The lowest BCUT2D eigenvalue weighted by molar-refractivity contribution is -0.153. The molecule has 0 aliphatic heterocycles. The molecule has 1 aromatic rings. The zero-order valence-corrected chi connectivity index (χ0v) is 15.0. The van der Waals surface area contributed by atoms with E-state index in [1.165, 1.54) is 14.0 Å². The Morgan fingerprint density at radius 2 is 1.84 bits per heavy atom. The van der Waals surface area contributed by atoms with Crippen molar-refractivity contribution in [2.75, 3.05) is 7.11 Å². The van der Waals surface area contributed by atoms with E-state index in [0.29, 0.717) is 24.2 Å². The summed E-state index contributed by atoms with van der Waals surface area (Å²) in [5.41, 5.74) is -0.452. The number of benzene rings is 1. The quantitative estimate of drug-likeness (QED) is 0.632. The minimum atomic E-state index is -0.969. The van der Waals surface area contributed by atoms with Crippen LogP contribution in [0.5, 0.6) is 5.75 Å². The molecule has 0 aromatic heterocycles. The van der Waals surface area contributed by atoms with E-state index >= 15 is 0 Å². The van der Waals surface area contributed by atoms with E-state index in [1.807, 2.05) is 0 Å². The van der Waals surface area contributed by atoms with Crippen molar-refractivity contribution < 1.29 is 23.9 Å². The van der Waals surface area contributed by atoms with Crippen LogP contribution in [0.25, 0.3) is 0 Å². The number of amides is 1. The Morgan fingerprint density at radius 1 is 1.16 bits per heavy atom. The summed E-state index contributed by atoms with van der Waals surface area (Å²) in [6.45, 7) is 3.09. The lowest BCUT2D eigenvalue weighted by Crippen LogP contribution is -2.58. The van der Waals surface area contributed by atoms with Gasteiger partial charge in [-0.15, -0.1) is 0 Å². The summed E-state index contributed by atoms with van der Waals surface area (Å²) in [4.78, 5) is 36.2. The number of methoxy groups -OCH3 is 1. The maximum atomic E-state index is 12.5. The number of hydrogen-bond donors (Lipinski definition) is 1. The number of hydrogen-bond acceptors (Lipinski definition) is 5. The monoisotopic (exact) mass is 347 g/mol. The minimum absolute atomic E-state index is 0.0746. The summed E-state index contributed by atoms with van der Waals surface area (Å²) in [5.74, 6) is -0.424. The molecular formula is C19H25NO5. The van der Waals surface area contributed by atoms with Gasteiger partial charge in [0.1, 0.15) is 11.3 Å². The Kier molecular flexibility index (Phi) is 6.17. The van der Waals surface area contributed by atoms with Crippen molar-refractivity contribution in [2.45, 2.75) is 57.6 Å². The molecule has 1 saturated carbocycles. The molecule has 1 aliphatic rings. The van der Waals surface area contributed by atoms with Gasteiger partial charge < -0.3 is 14.8 Å². The van der Waals surface area contributed by atoms with E-state index in [0.717, 1.165) is 19.3 Å². The van der Waals surface area contributed by atoms with Crippen LogP contribution in [0.1, 0.15) is 56.3 Å². The topological polar surface area (TPSA) is 81.7 Å². The predicted molar refractivity (Wildman–Crippen MR) is 92.5 cm³/mol. The first-order valence-corrected chi connectivity index (χ1v) is 8.56. The standard InChI is InChI=1S/C19H25NO5/c1-13(21)15-8-7-9-16(12-15)25-14(2)17(22)20-19(18(23)24-3)10-5-4-6-11-19/h7-9,12,14H,4-6,10-11H2,1-3H3,(H,20,22)/t14-/m0/s1. The largest absolute Gasteiger partial charge is 0.481 e. The first kappa shape index (κ1) is 19.0. The molecule has 6 nitrogen and oxygen atoms in total. The highest BCUT2D eigenvalue weighted by molar-refractivity contribution is 5.94. The summed E-state index contributed by atoms with van der Waals surface area (Å²) < 4.78 is 10.6. The zero-order valence-electron chi connectivity index (χ0n) is 15.0. The van der Waals surface area contributed by atoms with Crippen LogP contribution in [0.3, 0.4) is 0 Å². The Labute approximate surface area is 147 Å². The predicted octanol–water partition coefficient (Wildman–Crippen LogP) is 2.65. The van der Waals surface area contributed by atoms with Gasteiger partial charge in [-0.05, 0) is 38.8 Å². The number of ketones is 1. The molecule has 1 aromatic carbocycles. The van der Waals surface area contributed by atoms with Crippen LogP contribution in [0, 0.1) is 0 Å². The van der Waals surface area contributed by atoms with Gasteiger partial charge in [0.25, 0.3) is 5.91 Å². The van der Waals surface area contributed by atoms with E-state index in [-0.39, 0.29) is 11.7 Å². The zero-order chi connectivity index (χ0) is 18.4. The van der Waals surface area contributed by atoms with Crippen LogP contribution in [0.15, 0.2) is 24.3 Å². The van der Waals surface area contributed by atoms with Crippen molar-refractivity contribution in [1.29, 1.82) is 0 Å². The summed E-state index contributed by atoms with van der Waals surface area (Å²) in [6.07, 6.45) is 3.11. The highest BCUT2D eigenvalue weighted by atomic mass is 16.5. The van der Waals surface area contributed by atoms with Crippen molar-refractivity contribution in [2.24, 2.45) is 0 Å². The van der Waals surface area contributed by atoms with Gasteiger partial charge in [0.05, 0.1) is 7.11 Å². The second-order valence-electron chi connectivity index (χ2n) is 6.47. The molecule has 0 heterocycles. The van der Waals surface area contributed by atoms with Crippen LogP contribution in [-0.2, 0) is 14.3 Å². The normalized spacial score (nSPS) is 17.2. The smallest absolute Gasteiger partial charge is 0.331 e. The van der Waals surface area contributed by atoms with E-state index in [2.05, 4.69) is 5.32 Å². The number of esters is 1. The molecule has 25 heavy (non-hydrogen) atoms. The third kappa shape index (κ3) is 4.59. The third-order valence-electron chi connectivity index (χ3n) is 4.57. The first-order chi connectivity index (χ1) is 11.9. The van der Waals surface area contributed by atoms with Crippen LogP contribution >= 0.6 is 0 Å². The molecule has 0 spiro atoms. The maximum Gasteiger partial charge on any atom is 0.331 e. The Balaban J connectivity index is 2.07. The van der Waals surface area contributed by atoms with E-state index in [1.54, 1.807) is 31.2 Å². The van der Waals surface area contributed by atoms with Gasteiger partial charge in [-0.25, -0.2) is 4.79 Å². The van der Waals surface area contributed by atoms with Gasteiger partial charge in [0, 0.05) is 5.56 Å². The summed E-state index contributed by atoms with van der Waals surface area (Å²) >= 11 is 0. The van der Waals surface area contributed by atoms with Gasteiger partial charge in [-0.2, -0.15) is 0 Å². The number of Topliss-reactive ketones (excluding diaryl/α,β-unsaturated/α-hetero) is 1. The Hall–Kier alpha value is -2.37. The lowest BCUT2D eigenvalue weighted by atomic mass is 9.81. The average Bonchev–Trinajstić information content (AvgIpc) is 2.61. The molecule has 0 radical (unpaired) electrons. The second kappa shape index (κ2) is 8.14. The molecule has 1 aliphatic carbocycles. The number of carbonyl (C=O) groups excluding carboxylic acids is 3. The SMILES string of the molecule is COC(=O)C1(NC(=O)[C@H](C)Oc2cccc(C(C)=O)c2)CCCCC1. The molecule has 2 rings (SSSR count).